The van der Waals surface area contributed by atoms with Crippen molar-refractivity contribution in [3.63, 3.8) is 0 Å². The summed E-state index contributed by atoms with van der Waals surface area (Å²) in [5.41, 5.74) is 1.87. The highest BCUT2D eigenvalue weighted by atomic mass is 79.9. The van der Waals surface area contributed by atoms with Crippen LogP contribution in [0, 0.1) is 0 Å². The van der Waals surface area contributed by atoms with E-state index in [1.807, 2.05) is 43.4 Å². The second kappa shape index (κ2) is 5.98. The third-order valence-electron chi connectivity index (χ3n) is 2.53. The summed E-state index contributed by atoms with van der Waals surface area (Å²) in [6.45, 7) is -0.0439. The number of benzene rings is 1. The molecule has 0 saturated heterocycles. The highest BCUT2D eigenvalue weighted by Gasteiger charge is 2.17. The zero-order valence-corrected chi connectivity index (χ0v) is 11.1. The summed E-state index contributed by atoms with van der Waals surface area (Å²) in [6.07, 6.45) is 1.37. The minimum absolute atomic E-state index is 0.0439. The predicted molar refractivity (Wildman–Crippen MR) is 71.2 cm³/mol. The molecule has 2 rings (SSSR count). The molecule has 0 fully saturated rings. The van der Waals surface area contributed by atoms with Crippen molar-refractivity contribution >= 4 is 15.9 Å². The third-order valence-corrected chi connectivity index (χ3v) is 2.76. The highest BCUT2D eigenvalue weighted by molar-refractivity contribution is 9.09. The maximum Gasteiger partial charge on any atom is 0.124 e. The number of alkyl halides is 1. The van der Waals surface area contributed by atoms with Crippen LogP contribution in [0.25, 0.3) is 0 Å². The zero-order valence-electron chi connectivity index (χ0n) is 11.5. The Morgan fingerprint density at radius 2 is 2.18 bits per heavy atom. The van der Waals surface area contributed by atoms with E-state index >= 15 is 0 Å². The van der Waals surface area contributed by atoms with E-state index in [-0.39, 0.29) is 12.7 Å². The Morgan fingerprint density at radius 1 is 1.41 bits per heavy atom. The number of hydrogen-bond acceptors (Lipinski definition) is 2. The van der Waals surface area contributed by atoms with Crippen molar-refractivity contribution in [1.29, 1.82) is 0 Å². The lowest BCUT2D eigenvalue weighted by molar-refractivity contribution is 0.0882. The molecule has 1 heterocycles. The van der Waals surface area contributed by atoms with Gasteiger partial charge < -0.3 is 4.74 Å². The van der Waals surface area contributed by atoms with Gasteiger partial charge in [-0.2, -0.15) is 5.10 Å². The van der Waals surface area contributed by atoms with Crippen molar-refractivity contribution < 1.29 is 7.48 Å². The summed E-state index contributed by atoms with van der Waals surface area (Å²) in [5.74, 6) is 0. The average Bonchev–Trinajstić information content (AvgIpc) is 2.76. The predicted octanol–water partition coefficient (Wildman–Crippen LogP) is 2.92. The van der Waals surface area contributed by atoms with Crippen molar-refractivity contribution in [3.8, 4) is 0 Å². The zero-order chi connectivity index (χ0) is 13.9. The molecule has 0 saturated carbocycles. The fourth-order valence-electron chi connectivity index (χ4n) is 1.74. The molecule has 0 amide bonds. The smallest absolute Gasteiger partial charge is 0.124 e. The van der Waals surface area contributed by atoms with E-state index < -0.39 is 5.28 Å². The summed E-state index contributed by atoms with van der Waals surface area (Å²) in [4.78, 5) is 0. The summed E-state index contributed by atoms with van der Waals surface area (Å²) < 4.78 is 22.5. The summed E-state index contributed by atoms with van der Waals surface area (Å²) >= 11 is 2.95. The topological polar surface area (TPSA) is 27.1 Å². The largest absolute Gasteiger partial charge is 0.366 e. The second-order valence-corrected chi connectivity index (χ2v) is 4.18. The molecule has 0 aliphatic heterocycles. The van der Waals surface area contributed by atoms with Crippen LogP contribution in [-0.4, -0.2) is 21.7 Å². The van der Waals surface area contributed by atoms with Crippen LogP contribution in [0.5, 0.6) is 0 Å². The molecular formula is C13H15BrN2O. The lowest BCUT2D eigenvalue weighted by Crippen LogP contribution is -2.12. The molecule has 17 heavy (non-hydrogen) atoms. The minimum atomic E-state index is -1.54. The van der Waals surface area contributed by atoms with E-state index in [0.29, 0.717) is 0 Å². The number of halogens is 1. The van der Waals surface area contributed by atoms with Crippen LogP contribution in [-0.2, 0) is 11.8 Å². The van der Waals surface area contributed by atoms with Crippen molar-refractivity contribution in [3.05, 3.63) is 53.9 Å². The first kappa shape index (κ1) is 9.85. The Bertz CT molecular complexity index is 525. The fraction of sp³-hybridized carbons (Fsp3) is 0.308. The number of rotatable bonds is 5. The van der Waals surface area contributed by atoms with Crippen molar-refractivity contribution in [1.82, 2.24) is 9.78 Å². The van der Waals surface area contributed by atoms with Gasteiger partial charge >= 0.3 is 0 Å². The van der Waals surface area contributed by atoms with Gasteiger partial charge in [0.05, 0.1) is 12.3 Å². The Hall–Kier alpha value is -1.13. The average molecular weight is 297 g/mol. The van der Waals surface area contributed by atoms with Gasteiger partial charge in [0.25, 0.3) is 0 Å². The summed E-state index contributed by atoms with van der Waals surface area (Å²) in [5, 5.41) is 2.60. The van der Waals surface area contributed by atoms with E-state index in [0.717, 1.165) is 11.3 Å². The molecule has 0 aliphatic rings. The van der Waals surface area contributed by atoms with E-state index in [1.165, 1.54) is 0 Å². The van der Waals surface area contributed by atoms with Crippen LogP contribution >= 0.6 is 15.9 Å². The summed E-state index contributed by atoms with van der Waals surface area (Å²) in [6, 6.07) is 11.6. The first-order valence-electron chi connectivity index (χ1n) is 6.31. The third kappa shape index (κ3) is 2.96. The molecular weight excluding hydrogens is 280 g/mol. The molecule has 4 heteroatoms. The van der Waals surface area contributed by atoms with Crippen LogP contribution in [0.1, 0.15) is 20.1 Å². The standard InChI is InChI=1S/C13H15BrN2O/c1-16-12(7-9-15-16)13(17-10-8-14)11-5-3-2-4-6-11/h2-7,9,13H,8,10H2,1H3/i8D2. The second-order valence-electron chi connectivity index (χ2n) is 3.62. The van der Waals surface area contributed by atoms with Crippen molar-refractivity contribution in [2.75, 3.05) is 11.9 Å². The van der Waals surface area contributed by atoms with Gasteiger partial charge in [-0.15, -0.1) is 0 Å². The first-order chi connectivity index (χ1) is 8.97. The number of hydrogen-bond donors (Lipinski definition) is 0. The van der Waals surface area contributed by atoms with Gasteiger partial charge in [-0.1, -0.05) is 46.3 Å². The molecule has 0 bridgehead atoms. The highest BCUT2D eigenvalue weighted by Crippen LogP contribution is 2.25. The number of nitrogens with zero attached hydrogens (tertiary/aromatic N) is 2. The molecule has 1 atom stereocenters. The maximum absolute atomic E-state index is 7.50. The molecule has 0 N–H and O–H groups in total. The molecule has 0 spiro atoms. The lowest BCUT2D eigenvalue weighted by Gasteiger charge is -2.18. The Labute approximate surface area is 112 Å². The van der Waals surface area contributed by atoms with E-state index in [2.05, 4.69) is 21.0 Å². The molecule has 1 aromatic carbocycles. The SMILES string of the molecule is [2H]C([2H])(Br)COC(c1ccccc1)c1ccnn1C. The normalized spacial score (nSPS) is 15.2. The first-order valence-corrected chi connectivity index (χ1v) is 6.10. The molecule has 3 nitrogen and oxygen atoms in total. The van der Waals surface area contributed by atoms with Crippen LogP contribution < -0.4 is 0 Å². The molecule has 0 aliphatic carbocycles. The van der Waals surface area contributed by atoms with Crippen LogP contribution in [0.3, 0.4) is 0 Å². The molecule has 1 aromatic heterocycles. The fourth-order valence-corrected chi connectivity index (χ4v) is 1.87. The van der Waals surface area contributed by atoms with Gasteiger partial charge in [-0.05, 0) is 11.6 Å². The Kier molecular flexibility index (Phi) is 3.47. The van der Waals surface area contributed by atoms with Gasteiger partial charge in [0.15, 0.2) is 0 Å². The minimum Gasteiger partial charge on any atom is -0.366 e. The molecule has 1 unspecified atom stereocenters. The van der Waals surface area contributed by atoms with E-state index in [1.54, 1.807) is 10.9 Å². The van der Waals surface area contributed by atoms with Gasteiger partial charge in [-0.25, -0.2) is 0 Å². The van der Waals surface area contributed by atoms with Gasteiger partial charge in [0, 0.05) is 21.3 Å². The van der Waals surface area contributed by atoms with Crippen LogP contribution in [0.4, 0.5) is 0 Å². The molecule has 90 valence electrons. The van der Waals surface area contributed by atoms with Gasteiger partial charge in [-0.3, -0.25) is 4.68 Å². The molecule has 2 aromatic rings. The van der Waals surface area contributed by atoms with E-state index in [9.17, 15) is 0 Å². The van der Waals surface area contributed by atoms with Crippen molar-refractivity contribution in [2.45, 2.75) is 6.10 Å². The van der Waals surface area contributed by atoms with Crippen LogP contribution in [0.2, 0.25) is 0 Å². The van der Waals surface area contributed by atoms with E-state index in [4.69, 9.17) is 7.48 Å². The number of ether oxygens (including phenoxy) is 1. The van der Waals surface area contributed by atoms with Crippen molar-refractivity contribution in [2.24, 2.45) is 7.05 Å². The quantitative estimate of drug-likeness (QED) is 0.793. The number of aromatic nitrogens is 2. The van der Waals surface area contributed by atoms with Gasteiger partial charge in [0.1, 0.15) is 6.10 Å². The monoisotopic (exact) mass is 296 g/mol. The molecule has 0 radical (unpaired) electrons. The summed E-state index contributed by atoms with van der Waals surface area (Å²) in [7, 11) is 1.84. The Balaban J connectivity index is 2.27. The van der Waals surface area contributed by atoms with Crippen LogP contribution in [0.15, 0.2) is 42.6 Å². The number of aryl methyl sites for hydroxylation is 1. The maximum atomic E-state index is 7.50. The lowest BCUT2D eigenvalue weighted by atomic mass is 10.1. The Morgan fingerprint density at radius 3 is 2.76 bits per heavy atom. The van der Waals surface area contributed by atoms with Gasteiger partial charge in [0.2, 0.25) is 0 Å².